The molecule has 0 aliphatic heterocycles. The number of benzene rings is 1. The van der Waals surface area contributed by atoms with Gasteiger partial charge in [0.1, 0.15) is 0 Å². The first-order chi connectivity index (χ1) is 8.46. The minimum absolute atomic E-state index is 0.127. The van der Waals surface area contributed by atoms with Gasteiger partial charge in [0.25, 0.3) is 0 Å². The maximum atomic E-state index is 11.9. The molecule has 7 heteroatoms. The third-order valence-corrected chi connectivity index (χ3v) is 4.97. The van der Waals surface area contributed by atoms with Crippen LogP contribution in [0.1, 0.15) is 12.8 Å². The first-order valence-electron chi connectivity index (χ1n) is 5.55. The number of hydrogen-bond donors (Lipinski definition) is 2. The van der Waals surface area contributed by atoms with Crippen molar-refractivity contribution in [2.24, 2.45) is 0 Å². The number of anilines is 1. The van der Waals surface area contributed by atoms with Crippen LogP contribution in [0, 0.1) is 0 Å². The maximum Gasteiger partial charge on any atom is 0.232 e. The molecule has 0 saturated heterocycles. The molecule has 0 heterocycles. The van der Waals surface area contributed by atoms with E-state index in [0.717, 1.165) is 21.9 Å². The van der Waals surface area contributed by atoms with Gasteiger partial charge in [-0.2, -0.15) is 0 Å². The third-order valence-electron chi connectivity index (χ3n) is 2.31. The molecule has 18 heavy (non-hydrogen) atoms. The molecule has 0 amide bonds. The van der Waals surface area contributed by atoms with Gasteiger partial charge in [0.15, 0.2) is 0 Å². The van der Waals surface area contributed by atoms with E-state index in [1.54, 1.807) is 12.1 Å². The Morgan fingerprint density at radius 1 is 1.17 bits per heavy atom. The standard InChI is InChI=1S/C11H16Br2N2O2S/c1-14-7-2-3-8-18(16,17)15-11-9(12)5-4-6-10(11)13/h4-6,14-15H,2-3,7-8H2,1H3. The number of halogens is 2. The van der Waals surface area contributed by atoms with E-state index < -0.39 is 10.0 Å². The Labute approximate surface area is 125 Å². The highest BCUT2D eigenvalue weighted by molar-refractivity contribution is 9.11. The molecule has 0 aliphatic rings. The predicted molar refractivity (Wildman–Crippen MR) is 82.4 cm³/mol. The highest BCUT2D eigenvalue weighted by Gasteiger charge is 2.14. The Balaban J connectivity index is 2.65. The van der Waals surface area contributed by atoms with E-state index in [9.17, 15) is 8.42 Å². The lowest BCUT2D eigenvalue weighted by Crippen LogP contribution is -2.18. The van der Waals surface area contributed by atoms with Gasteiger partial charge in [0, 0.05) is 8.95 Å². The number of nitrogens with one attached hydrogen (secondary N) is 2. The summed E-state index contributed by atoms with van der Waals surface area (Å²) < 4.78 is 27.8. The maximum absolute atomic E-state index is 11.9. The van der Waals surface area contributed by atoms with E-state index in [4.69, 9.17) is 0 Å². The minimum atomic E-state index is -3.30. The van der Waals surface area contributed by atoms with Crippen molar-refractivity contribution in [3.63, 3.8) is 0 Å². The molecule has 0 aromatic heterocycles. The van der Waals surface area contributed by atoms with Crippen LogP contribution in [-0.4, -0.2) is 27.8 Å². The zero-order chi connectivity index (χ0) is 13.6. The lowest BCUT2D eigenvalue weighted by atomic mass is 10.3. The number of hydrogen-bond acceptors (Lipinski definition) is 3. The predicted octanol–water partition coefficient (Wildman–Crippen LogP) is 2.95. The van der Waals surface area contributed by atoms with E-state index in [1.165, 1.54) is 0 Å². The average molecular weight is 400 g/mol. The van der Waals surface area contributed by atoms with Gasteiger partial charge < -0.3 is 5.32 Å². The topological polar surface area (TPSA) is 58.2 Å². The van der Waals surface area contributed by atoms with E-state index in [2.05, 4.69) is 41.9 Å². The van der Waals surface area contributed by atoms with Gasteiger partial charge in [-0.05, 0) is 70.4 Å². The minimum Gasteiger partial charge on any atom is -0.320 e. The average Bonchev–Trinajstić information content (AvgIpc) is 2.30. The summed E-state index contributed by atoms with van der Waals surface area (Å²) in [5.74, 6) is 0.127. The quantitative estimate of drug-likeness (QED) is 0.693. The van der Waals surface area contributed by atoms with Gasteiger partial charge in [0.05, 0.1) is 11.4 Å². The van der Waals surface area contributed by atoms with Gasteiger partial charge in [-0.15, -0.1) is 0 Å². The second kappa shape index (κ2) is 7.47. The molecule has 0 aliphatic carbocycles. The fourth-order valence-electron chi connectivity index (χ4n) is 1.40. The third kappa shape index (κ3) is 5.26. The smallest absolute Gasteiger partial charge is 0.232 e. The zero-order valence-electron chi connectivity index (χ0n) is 10.0. The van der Waals surface area contributed by atoms with Gasteiger partial charge >= 0.3 is 0 Å². The fourth-order valence-corrected chi connectivity index (χ4v) is 4.07. The molecule has 0 fully saturated rings. The van der Waals surface area contributed by atoms with E-state index in [0.29, 0.717) is 12.1 Å². The van der Waals surface area contributed by atoms with Gasteiger partial charge in [-0.3, -0.25) is 4.72 Å². The number of rotatable bonds is 7. The molecule has 1 aromatic rings. The van der Waals surface area contributed by atoms with Gasteiger partial charge in [0.2, 0.25) is 10.0 Å². The van der Waals surface area contributed by atoms with E-state index in [-0.39, 0.29) is 5.75 Å². The second-order valence-corrected chi connectivity index (χ2v) is 7.38. The van der Waals surface area contributed by atoms with E-state index >= 15 is 0 Å². The largest absolute Gasteiger partial charge is 0.320 e. The molecule has 0 atom stereocenters. The summed E-state index contributed by atoms with van der Waals surface area (Å²) in [6.07, 6.45) is 1.48. The Morgan fingerprint density at radius 3 is 2.33 bits per heavy atom. The summed E-state index contributed by atoms with van der Waals surface area (Å²) in [6, 6.07) is 5.42. The Kier molecular flexibility index (Phi) is 6.62. The first kappa shape index (κ1) is 15.9. The molecule has 0 unspecified atom stereocenters. The highest BCUT2D eigenvalue weighted by atomic mass is 79.9. The van der Waals surface area contributed by atoms with Gasteiger partial charge in [-0.25, -0.2) is 8.42 Å². The van der Waals surface area contributed by atoms with Crippen LogP contribution in [0.15, 0.2) is 27.1 Å². The monoisotopic (exact) mass is 398 g/mol. The summed E-state index contributed by atoms with van der Waals surface area (Å²) in [6.45, 7) is 0.828. The van der Waals surface area contributed by atoms with Crippen molar-refractivity contribution < 1.29 is 8.42 Å². The Bertz CT molecular complexity index is 472. The SMILES string of the molecule is CNCCCCS(=O)(=O)Nc1c(Br)cccc1Br. The summed E-state index contributed by atoms with van der Waals surface area (Å²) in [5.41, 5.74) is 0.547. The zero-order valence-corrected chi connectivity index (χ0v) is 14.0. The molecule has 1 aromatic carbocycles. The lowest BCUT2D eigenvalue weighted by Gasteiger charge is -2.11. The number of para-hydroxylation sites is 1. The van der Waals surface area contributed by atoms with Crippen LogP contribution in [0.2, 0.25) is 0 Å². The van der Waals surface area contributed by atoms with Crippen LogP contribution in [0.25, 0.3) is 0 Å². The van der Waals surface area contributed by atoms with Crippen LogP contribution in [-0.2, 0) is 10.0 Å². The summed E-state index contributed by atoms with van der Waals surface area (Å²) in [7, 11) is -1.45. The van der Waals surface area contributed by atoms with Crippen LogP contribution < -0.4 is 10.0 Å². The van der Waals surface area contributed by atoms with Crippen LogP contribution in [0.3, 0.4) is 0 Å². The lowest BCUT2D eigenvalue weighted by molar-refractivity contribution is 0.595. The molecular formula is C11H16Br2N2O2S. The summed E-state index contributed by atoms with van der Waals surface area (Å²) >= 11 is 6.65. The van der Waals surface area contributed by atoms with Crippen molar-refractivity contribution >= 4 is 47.6 Å². The molecule has 0 saturated carbocycles. The van der Waals surface area contributed by atoms with E-state index in [1.807, 2.05) is 13.1 Å². The van der Waals surface area contributed by atoms with Crippen molar-refractivity contribution in [1.29, 1.82) is 0 Å². The van der Waals surface area contributed by atoms with Crippen molar-refractivity contribution in [2.45, 2.75) is 12.8 Å². The fraction of sp³-hybridized carbons (Fsp3) is 0.455. The molecule has 102 valence electrons. The summed E-state index contributed by atoms with van der Waals surface area (Å²) in [4.78, 5) is 0. The Hall–Kier alpha value is -0.110. The van der Waals surface area contributed by atoms with Crippen molar-refractivity contribution in [3.05, 3.63) is 27.1 Å². The summed E-state index contributed by atoms with van der Waals surface area (Å²) in [5, 5.41) is 2.99. The Morgan fingerprint density at radius 2 is 1.78 bits per heavy atom. The molecule has 0 bridgehead atoms. The number of unbranched alkanes of at least 4 members (excludes halogenated alkanes) is 1. The molecule has 0 spiro atoms. The molecule has 4 nitrogen and oxygen atoms in total. The van der Waals surface area contributed by atoms with Gasteiger partial charge in [-0.1, -0.05) is 6.07 Å². The number of sulfonamides is 1. The molecule has 2 N–H and O–H groups in total. The molecule has 0 radical (unpaired) electrons. The van der Waals surface area contributed by atoms with Crippen molar-refractivity contribution in [1.82, 2.24) is 5.32 Å². The van der Waals surface area contributed by atoms with Crippen LogP contribution >= 0.6 is 31.9 Å². The molecule has 1 rings (SSSR count). The molecular weight excluding hydrogens is 384 g/mol. The normalized spacial score (nSPS) is 11.5. The first-order valence-corrected chi connectivity index (χ1v) is 8.79. The second-order valence-electron chi connectivity index (χ2n) is 3.83. The van der Waals surface area contributed by atoms with Crippen molar-refractivity contribution in [3.8, 4) is 0 Å². The van der Waals surface area contributed by atoms with Crippen LogP contribution in [0.4, 0.5) is 5.69 Å². The van der Waals surface area contributed by atoms with Crippen LogP contribution in [0.5, 0.6) is 0 Å². The van der Waals surface area contributed by atoms with Crippen molar-refractivity contribution in [2.75, 3.05) is 24.1 Å². The highest BCUT2D eigenvalue weighted by Crippen LogP contribution is 2.31.